The number of carbonyl (C=O) groups excluding carboxylic acids is 3. The van der Waals surface area contributed by atoms with E-state index in [1.165, 1.54) is 51.4 Å². The van der Waals surface area contributed by atoms with E-state index in [-0.39, 0.29) is 31.1 Å². The Morgan fingerprint density at radius 3 is 0.928 bits per heavy atom. The normalized spacial score (nSPS) is 13.1. The Kier molecular flexibility index (Phi) is 52.5. The Balaban J connectivity index is 4.52. The van der Waals surface area contributed by atoms with Crippen molar-refractivity contribution in [2.24, 2.45) is 0 Å². The third-order valence-corrected chi connectivity index (χ3v) is 11.1. The molecule has 0 saturated carbocycles. The van der Waals surface area contributed by atoms with Crippen molar-refractivity contribution in [3.63, 3.8) is 0 Å². The van der Waals surface area contributed by atoms with Crippen molar-refractivity contribution in [1.29, 1.82) is 0 Å². The topological polar surface area (TPSA) is 78.9 Å². The fourth-order valence-electron chi connectivity index (χ4n) is 7.02. The molecule has 0 aliphatic carbocycles. The van der Waals surface area contributed by atoms with Crippen LogP contribution in [0.25, 0.3) is 0 Å². The first kappa shape index (κ1) is 64.5. The van der Waals surface area contributed by atoms with Crippen molar-refractivity contribution in [3.8, 4) is 0 Å². The molecule has 0 fully saturated rings. The highest BCUT2D eigenvalue weighted by molar-refractivity contribution is 5.71. The summed E-state index contributed by atoms with van der Waals surface area (Å²) >= 11 is 0. The lowest BCUT2D eigenvalue weighted by molar-refractivity contribution is -0.167. The van der Waals surface area contributed by atoms with Crippen molar-refractivity contribution in [1.82, 2.24) is 0 Å². The average molecular weight is 953 g/mol. The molecule has 0 rings (SSSR count). The molecule has 0 aliphatic rings. The lowest BCUT2D eigenvalue weighted by Crippen LogP contribution is -2.30. The van der Waals surface area contributed by atoms with Crippen molar-refractivity contribution in [2.45, 2.75) is 232 Å². The van der Waals surface area contributed by atoms with Gasteiger partial charge >= 0.3 is 17.9 Å². The van der Waals surface area contributed by atoms with Crippen LogP contribution in [0.1, 0.15) is 226 Å². The van der Waals surface area contributed by atoms with Gasteiger partial charge in [0.25, 0.3) is 0 Å². The van der Waals surface area contributed by atoms with Crippen LogP contribution in [0.3, 0.4) is 0 Å². The fraction of sp³-hybridized carbons (Fsp3) is 0.603. The smallest absolute Gasteiger partial charge is 0.306 e. The number of unbranched alkanes of at least 4 members (excludes halogenated alkanes) is 15. The highest BCUT2D eigenvalue weighted by Gasteiger charge is 2.19. The van der Waals surface area contributed by atoms with Crippen LogP contribution in [-0.2, 0) is 28.6 Å². The van der Waals surface area contributed by atoms with Gasteiger partial charge in [-0.25, -0.2) is 0 Å². The molecule has 0 bridgehead atoms. The minimum absolute atomic E-state index is 0.115. The van der Waals surface area contributed by atoms with E-state index in [0.29, 0.717) is 25.7 Å². The van der Waals surface area contributed by atoms with E-state index in [1.807, 2.05) is 0 Å². The Morgan fingerprint density at radius 2 is 0.565 bits per heavy atom. The van der Waals surface area contributed by atoms with E-state index in [0.717, 1.165) is 128 Å². The molecule has 0 N–H and O–H groups in total. The summed E-state index contributed by atoms with van der Waals surface area (Å²) in [4.78, 5) is 38.1. The second kappa shape index (κ2) is 56.1. The van der Waals surface area contributed by atoms with Crippen LogP contribution in [0.15, 0.2) is 134 Å². The first-order valence-electron chi connectivity index (χ1n) is 27.7. The Bertz CT molecular complexity index is 1510. The molecule has 388 valence electrons. The lowest BCUT2D eigenvalue weighted by Gasteiger charge is -2.18. The molecule has 6 nitrogen and oxygen atoms in total. The second-order valence-corrected chi connectivity index (χ2v) is 17.7. The number of allylic oxidation sites excluding steroid dienone is 22. The Labute approximate surface area is 424 Å². The van der Waals surface area contributed by atoms with Gasteiger partial charge in [0.1, 0.15) is 13.2 Å². The van der Waals surface area contributed by atoms with Gasteiger partial charge in [-0.15, -0.1) is 0 Å². The zero-order chi connectivity index (χ0) is 50.0. The number of hydrogen-bond acceptors (Lipinski definition) is 6. The summed E-state index contributed by atoms with van der Waals surface area (Å²) in [6, 6.07) is 0. The van der Waals surface area contributed by atoms with E-state index < -0.39 is 6.10 Å². The minimum Gasteiger partial charge on any atom is -0.462 e. The first-order valence-corrected chi connectivity index (χ1v) is 27.7. The number of ether oxygens (including phenoxy) is 3. The SMILES string of the molecule is CC/C=C\C/C=C\C/C=C\C/C=C\C/C=C\C/C=C\CCCCC(=O)OCC(COC(=O)CCCCC/C=C\C/C=C\C/C=C\CC)OC(=O)CCCCCCCCC/C=C\C/C=C\CCCCC. The molecular weight excluding hydrogens is 853 g/mol. The maximum absolute atomic E-state index is 12.8. The summed E-state index contributed by atoms with van der Waals surface area (Å²) in [6.07, 6.45) is 78.7. The van der Waals surface area contributed by atoms with Gasteiger partial charge < -0.3 is 14.2 Å². The maximum Gasteiger partial charge on any atom is 0.306 e. The van der Waals surface area contributed by atoms with Gasteiger partial charge in [-0.05, 0) is 135 Å². The van der Waals surface area contributed by atoms with Crippen molar-refractivity contribution in [3.05, 3.63) is 134 Å². The number of rotatable bonds is 48. The average Bonchev–Trinajstić information content (AvgIpc) is 3.35. The summed E-state index contributed by atoms with van der Waals surface area (Å²) < 4.78 is 16.8. The summed E-state index contributed by atoms with van der Waals surface area (Å²) in [7, 11) is 0. The molecule has 0 aromatic rings. The maximum atomic E-state index is 12.8. The minimum atomic E-state index is -0.818. The van der Waals surface area contributed by atoms with E-state index in [9.17, 15) is 14.4 Å². The van der Waals surface area contributed by atoms with Crippen LogP contribution in [0.4, 0.5) is 0 Å². The fourth-order valence-corrected chi connectivity index (χ4v) is 7.02. The Morgan fingerprint density at radius 1 is 0.304 bits per heavy atom. The van der Waals surface area contributed by atoms with E-state index >= 15 is 0 Å². The molecule has 0 heterocycles. The third-order valence-electron chi connectivity index (χ3n) is 11.1. The van der Waals surface area contributed by atoms with Gasteiger partial charge in [0.15, 0.2) is 6.10 Å². The zero-order valence-corrected chi connectivity index (χ0v) is 44.3. The predicted molar refractivity (Wildman–Crippen MR) is 297 cm³/mol. The molecular formula is C63H100O6. The third kappa shape index (κ3) is 54.4. The van der Waals surface area contributed by atoms with Gasteiger partial charge in [0.05, 0.1) is 0 Å². The molecule has 1 unspecified atom stereocenters. The van der Waals surface area contributed by atoms with Crippen LogP contribution >= 0.6 is 0 Å². The molecule has 0 radical (unpaired) electrons. The largest absolute Gasteiger partial charge is 0.462 e. The molecule has 69 heavy (non-hydrogen) atoms. The van der Waals surface area contributed by atoms with Crippen LogP contribution in [0, 0.1) is 0 Å². The van der Waals surface area contributed by atoms with Crippen molar-refractivity contribution < 1.29 is 28.6 Å². The quantitative estimate of drug-likeness (QED) is 0.0262. The van der Waals surface area contributed by atoms with E-state index in [2.05, 4.69) is 154 Å². The Hall–Kier alpha value is -4.45. The summed E-state index contributed by atoms with van der Waals surface area (Å²) in [6.45, 7) is 6.30. The highest BCUT2D eigenvalue weighted by atomic mass is 16.6. The summed E-state index contributed by atoms with van der Waals surface area (Å²) in [5.41, 5.74) is 0. The highest BCUT2D eigenvalue weighted by Crippen LogP contribution is 2.13. The number of esters is 3. The molecule has 0 aliphatic heterocycles. The number of hydrogen-bond donors (Lipinski definition) is 0. The van der Waals surface area contributed by atoms with E-state index in [1.54, 1.807) is 0 Å². The molecule has 6 heteroatoms. The first-order chi connectivity index (χ1) is 34.0. The van der Waals surface area contributed by atoms with Crippen LogP contribution in [0.2, 0.25) is 0 Å². The molecule has 0 aromatic carbocycles. The van der Waals surface area contributed by atoms with Gasteiger partial charge in [-0.1, -0.05) is 206 Å². The number of carbonyl (C=O) groups is 3. The van der Waals surface area contributed by atoms with Gasteiger partial charge in [0.2, 0.25) is 0 Å². The lowest BCUT2D eigenvalue weighted by atomic mass is 10.1. The summed E-state index contributed by atoms with van der Waals surface area (Å²) in [5, 5.41) is 0. The molecule has 1 atom stereocenters. The molecule has 0 aromatic heterocycles. The molecule has 0 spiro atoms. The standard InChI is InChI=1S/C63H100O6/c1-4-7-10-13-16-19-22-25-27-29-30-31-32-34-35-38-41-44-47-50-53-56-62(65)68-59-60(58-67-61(64)55-52-49-46-43-40-37-24-21-18-15-12-9-6-3)69-63(66)57-54-51-48-45-42-39-36-33-28-26-23-20-17-14-11-8-5-2/h7,9-10,12,16-21,25-28,30-31,34-35,37,40-41,44,60H,4-6,8,11,13-15,22-24,29,32-33,36,38-39,42-43,45-59H2,1-3H3/b10-7-,12-9-,19-16-,20-17-,21-18-,27-25-,28-26-,31-30-,35-34-,40-37-,44-41-. The van der Waals surface area contributed by atoms with Crippen molar-refractivity contribution >= 4 is 17.9 Å². The van der Waals surface area contributed by atoms with E-state index in [4.69, 9.17) is 14.2 Å². The van der Waals surface area contributed by atoms with Crippen LogP contribution in [-0.4, -0.2) is 37.2 Å². The van der Waals surface area contributed by atoms with Crippen molar-refractivity contribution in [2.75, 3.05) is 13.2 Å². The molecule has 0 amide bonds. The van der Waals surface area contributed by atoms with Crippen LogP contribution < -0.4 is 0 Å². The van der Waals surface area contributed by atoms with Gasteiger partial charge in [-0.3, -0.25) is 14.4 Å². The van der Waals surface area contributed by atoms with Gasteiger partial charge in [0, 0.05) is 19.3 Å². The summed E-state index contributed by atoms with van der Waals surface area (Å²) in [5.74, 6) is -1.00. The second-order valence-electron chi connectivity index (χ2n) is 17.7. The predicted octanol–water partition coefficient (Wildman–Crippen LogP) is 18.6. The zero-order valence-electron chi connectivity index (χ0n) is 44.3. The van der Waals surface area contributed by atoms with Crippen LogP contribution in [0.5, 0.6) is 0 Å². The monoisotopic (exact) mass is 953 g/mol. The van der Waals surface area contributed by atoms with Gasteiger partial charge in [-0.2, -0.15) is 0 Å². The molecule has 0 saturated heterocycles.